The van der Waals surface area contributed by atoms with Crippen molar-refractivity contribution in [2.75, 3.05) is 6.54 Å². The van der Waals surface area contributed by atoms with Gasteiger partial charge in [0.05, 0.1) is 6.42 Å². The number of aliphatic carboxylic acids is 1. The highest BCUT2D eigenvalue weighted by Crippen LogP contribution is 2.07. The quantitative estimate of drug-likeness (QED) is 0.874. The van der Waals surface area contributed by atoms with E-state index in [4.69, 9.17) is 9.84 Å². The van der Waals surface area contributed by atoms with E-state index in [1.165, 1.54) is 0 Å². The van der Waals surface area contributed by atoms with E-state index in [2.05, 4.69) is 5.32 Å². The fourth-order valence-corrected chi connectivity index (χ4v) is 1.57. The molecule has 0 unspecified atom stereocenters. The van der Waals surface area contributed by atoms with Gasteiger partial charge in [-0.25, -0.2) is 4.79 Å². The molecule has 114 valence electrons. The van der Waals surface area contributed by atoms with Crippen LogP contribution < -0.4 is 5.32 Å². The first-order valence-electron chi connectivity index (χ1n) is 6.70. The van der Waals surface area contributed by atoms with Gasteiger partial charge in [-0.05, 0) is 31.9 Å². The number of benzene rings is 1. The monoisotopic (exact) mass is 291 g/mol. The van der Waals surface area contributed by atoms with Gasteiger partial charge in [-0.2, -0.15) is 0 Å². The summed E-state index contributed by atoms with van der Waals surface area (Å²) < 4.78 is 5.10. The summed E-state index contributed by atoms with van der Waals surface area (Å²) in [5.74, 6) is -0.847. The Balaban J connectivity index is 2.40. The molecule has 1 aromatic rings. The molecule has 0 aliphatic carbocycles. The van der Waals surface area contributed by atoms with E-state index in [0.29, 0.717) is 6.54 Å². The molecule has 5 heteroatoms. The van der Waals surface area contributed by atoms with E-state index in [-0.39, 0.29) is 6.42 Å². The van der Waals surface area contributed by atoms with Crippen LogP contribution in [-0.2, 0) is 16.0 Å². The van der Waals surface area contributed by atoms with Gasteiger partial charge in [-0.15, -0.1) is 0 Å². The summed E-state index contributed by atoms with van der Waals surface area (Å²) in [7, 11) is 0. The Bertz CT molecular complexity index is 512. The van der Waals surface area contributed by atoms with Gasteiger partial charge in [0.15, 0.2) is 0 Å². The summed E-state index contributed by atoms with van der Waals surface area (Å²) in [6.45, 7) is 5.79. The molecule has 0 aromatic heterocycles. The Morgan fingerprint density at radius 1 is 1.24 bits per heavy atom. The predicted molar refractivity (Wildman–Crippen MR) is 81.1 cm³/mol. The maximum Gasteiger partial charge on any atom is 0.407 e. The summed E-state index contributed by atoms with van der Waals surface area (Å²) in [6.07, 6.45) is 3.21. The maximum absolute atomic E-state index is 11.4. The Morgan fingerprint density at radius 3 is 2.38 bits per heavy atom. The lowest BCUT2D eigenvalue weighted by Crippen LogP contribution is -2.32. The molecule has 0 atom stereocenters. The van der Waals surface area contributed by atoms with Crippen molar-refractivity contribution in [3.8, 4) is 0 Å². The summed E-state index contributed by atoms with van der Waals surface area (Å²) >= 11 is 0. The number of carboxylic acids is 1. The van der Waals surface area contributed by atoms with Crippen molar-refractivity contribution < 1.29 is 19.4 Å². The first-order valence-corrected chi connectivity index (χ1v) is 6.70. The number of alkyl carbamates (subject to hydrolysis) is 1. The molecule has 0 saturated heterocycles. The average molecular weight is 291 g/mol. The number of amides is 1. The number of hydrogen-bond acceptors (Lipinski definition) is 3. The van der Waals surface area contributed by atoms with Gasteiger partial charge in [0.1, 0.15) is 5.60 Å². The van der Waals surface area contributed by atoms with Crippen LogP contribution >= 0.6 is 0 Å². The first-order chi connectivity index (χ1) is 9.76. The van der Waals surface area contributed by atoms with Crippen LogP contribution in [0.15, 0.2) is 30.3 Å². The van der Waals surface area contributed by atoms with Crippen LogP contribution in [0, 0.1) is 0 Å². The Morgan fingerprint density at radius 2 is 1.86 bits per heavy atom. The number of ether oxygens (including phenoxy) is 1. The molecular weight excluding hydrogens is 270 g/mol. The minimum Gasteiger partial charge on any atom is -0.481 e. The van der Waals surface area contributed by atoms with Crippen molar-refractivity contribution >= 4 is 18.1 Å². The minimum atomic E-state index is -0.847. The Kier molecular flexibility index (Phi) is 5.96. The first kappa shape index (κ1) is 16.8. The third kappa shape index (κ3) is 7.77. The zero-order valence-corrected chi connectivity index (χ0v) is 12.6. The highest BCUT2D eigenvalue weighted by Gasteiger charge is 2.14. The van der Waals surface area contributed by atoms with E-state index in [1.807, 2.05) is 18.2 Å². The SMILES string of the molecule is CC(C)(C)OC(=O)NCC=Cc1ccc(CC(=O)O)cc1. The summed E-state index contributed by atoms with van der Waals surface area (Å²) in [4.78, 5) is 22.0. The average Bonchev–Trinajstić information content (AvgIpc) is 2.34. The van der Waals surface area contributed by atoms with Crippen molar-refractivity contribution in [3.05, 3.63) is 41.5 Å². The summed E-state index contributed by atoms with van der Waals surface area (Å²) in [5, 5.41) is 11.3. The Hall–Kier alpha value is -2.30. The molecule has 0 spiro atoms. The molecule has 21 heavy (non-hydrogen) atoms. The molecule has 0 bridgehead atoms. The number of carbonyl (C=O) groups excluding carboxylic acids is 1. The number of nitrogens with one attached hydrogen (secondary N) is 1. The second-order valence-corrected chi connectivity index (χ2v) is 5.60. The highest BCUT2D eigenvalue weighted by molar-refractivity contribution is 5.70. The van der Waals surface area contributed by atoms with Crippen LogP contribution in [0.3, 0.4) is 0 Å². The number of carboxylic acid groups (broad SMARTS) is 1. The van der Waals surface area contributed by atoms with Gasteiger partial charge in [0, 0.05) is 6.54 Å². The van der Waals surface area contributed by atoms with Crippen molar-refractivity contribution in [3.63, 3.8) is 0 Å². The molecule has 1 aromatic carbocycles. The Labute approximate surface area is 124 Å². The molecule has 1 amide bonds. The zero-order chi connectivity index (χ0) is 15.9. The molecule has 5 nitrogen and oxygen atoms in total. The van der Waals surface area contributed by atoms with E-state index < -0.39 is 17.7 Å². The van der Waals surface area contributed by atoms with Crippen LogP contribution in [0.2, 0.25) is 0 Å². The third-order valence-electron chi connectivity index (χ3n) is 2.41. The lowest BCUT2D eigenvalue weighted by molar-refractivity contribution is -0.136. The van der Waals surface area contributed by atoms with Crippen LogP contribution in [-0.4, -0.2) is 29.3 Å². The number of carbonyl (C=O) groups is 2. The van der Waals surface area contributed by atoms with Gasteiger partial charge >= 0.3 is 12.1 Å². The van der Waals surface area contributed by atoms with E-state index in [1.54, 1.807) is 39.0 Å². The van der Waals surface area contributed by atoms with E-state index in [9.17, 15) is 9.59 Å². The molecule has 0 aliphatic rings. The van der Waals surface area contributed by atoms with Crippen molar-refractivity contribution in [2.24, 2.45) is 0 Å². The fourth-order valence-electron chi connectivity index (χ4n) is 1.57. The smallest absolute Gasteiger partial charge is 0.407 e. The predicted octanol–water partition coefficient (Wildman–Crippen LogP) is 2.85. The van der Waals surface area contributed by atoms with E-state index in [0.717, 1.165) is 11.1 Å². The number of hydrogen-bond donors (Lipinski definition) is 2. The lowest BCUT2D eigenvalue weighted by Gasteiger charge is -2.19. The molecule has 2 N–H and O–H groups in total. The molecule has 0 heterocycles. The van der Waals surface area contributed by atoms with Crippen LogP contribution in [0.1, 0.15) is 31.9 Å². The largest absolute Gasteiger partial charge is 0.481 e. The van der Waals surface area contributed by atoms with Crippen molar-refractivity contribution in [1.82, 2.24) is 5.32 Å². The fraction of sp³-hybridized carbons (Fsp3) is 0.375. The van der Waals surface area contributed by atoms with Crippen LogP contribution in [0.5, 0.6) is 0 Å². The third-order valence-corrected chi connectivity index (χ3v) is 2.41. The minimum absolute atomic E-state index is 0.0180. The van der Waals surface area contributed by atoms with Gasteiger partial charge in [-0.1, -0.05) is 36.4 Å². The maximum atomic E-state index is 11.4. The van der Waals surface area contributed by atoms with Crippen molar-refractivity contribution in [2.45, 2.75) is 32.8 Å². The van der Waals surface area contributed by atoms with E-state index >= 15 is 0 Å². The van der Waals surface area contributed by atoms with Gasteiger partial charge in [-0.3, -0.25) is 4.79 Å². The van der Waals surface area contributed by atoms with Gasteiger partial charge in [0.2, 0.25) is 0 Å². The topological polar surface area (TPSA) is 75.6 Å². The van der Waals surface area contributed by atoms with Crippen molar-refractivity contribution in [1.29, 1.82) is 0 Å². The van der Waals surface area contributed by atoms with Gasteiger partial charge in [0.25, 0.3) is 0 Å². The molecule has 1 rings (SSSR count). The molecule has 0 aliphatic heterocycles. The lowest BCUT2D eigenvalue weighted by atomic mass is 10.1. The second-order valence-electron chi connectivity index (χ2n) is 5.60. The van der Waals surface area contributed by atoms with Crippen LogP contribution in [0.25, 0.3) is 6.08 Å². The second kappa shape index (κ2) is 7.47. The molecule has 0 fully saturated rings. The van der Waals surface area contributed by atoms with Crippen LogP contribution in [0.4, 0.5) is 4.79 Å². The standard InChI is InChI=1S/C16H21NO4/c1-16(2,3)21-15(20)17-10-4-5-12-6-8-13(9-7-12)11-14(18)19/h4-9H,10-11H2,1-3H3,(H,17,20)(H,18,19). The normalized spacial score (nSPS) is 11.4. The molecule has 0 radical (unpaired) electrons. The summed E-state index contributed by atoms with van der Waals surface area (Å²) in [5.41, 5.74) is 1.19. The number of rotatable bonds is 5. The zero-order valence-electron chi connectivity index (χ0n) is 12.6. The highest BCUT2D eigenvalue weighted by atomic mass is 16.6. The summed E-state index contributed by atoms with van der Waals surface area (Å²) in [6, 6.07) is 7.22. The molecular formula is C16H21NO4. The van der Waals surface area contributed by atoms with Gasteiger partial charge < -0.3 is 15.2 Å². The molecule has 0 saturated carbocycles.